The lowest BCUT2D eigenvalue weighted by Gasteiger charge is -2.06. The third-order valence-corrected chi connectivity index (χ3v) is 2.81. The van der Waals surface area contributed by atoms with Gasteiger partial charge >= 0.3 is 5.97 Å². The molecule has 0 heterocycles. The number of rotatable bonds is 2. The van der Waals surface area contributed by atoms with Gasteiger partial charge in [0, 0.05) is 9.50 Å². The molecule has 1 aromatic rings. The van der Waals surface area contributed by atoms with Gasteiger partial charge in [-0.2, -0.15) is 0 Å². The Balaban J connectivity index is 3.09. The van der Waals surface area contributed by atoms with E-state index in [-0.39, 0.29) is 5.97 Å². The first kappa shape index (κ1) is 11.5. The lowest BCUT2D eigenvalue weighted by atomic mass is 10.1. The number of ether oxygens (including phenoxy) is 1. The van der Waals surface area contributed by atoms with E-state index in [1.165, 1.54) is 0 Å². The van der Waals surface area contributed by atoms with Crippen molar-refractivity contribution in [3.63, 3.8) is 0 Å². The fourth-order valence-corrected chi connectivity index (χ4v) is 1.79. The molecule has 0 N–H and O–H groups in total. The van der Waals surface area contributed by atoms with Crippen LogP contribution in [-0.4, -0.2) is 12.6 Å². The van der Waals surface area contributed by atoms with Gasteiger partial charge in [-0.15, -0.1) is 0 Å². The van der Waals surface area contributed by atoms with Crippen LogP contribution >= 0.6 is 27.5 Å². The monoisotopic (exact) mass is 276 g/mol. The van der Waals surface area contributed by atoms with E-state index in [9.17, 15) is 4.79 Å². The Hall–Kier alpha value is -0.540. The van der Waals surface area contributed by atoms with Gasteiger partial charge in [-0.1, -0.05) is 11.6 Å². The Bertz CT molecular complexity index is 363. The van der Waals surface area contributed by atoms with Gasteiger partial charge in [0.1, 0.15) is 0 Å². The minimum Gasteiger partial charge on any atom is -0.462 e. The topological polar surface area (TPSA) is 26.3 Å². The van der Waals surface area contributed by atoms with Crippen molar-refractivity contribution >= 4 is 33.5 Å². The molecule has 0 spiro atoms. The second-order valence-electron chi connectivity index (χ2n) is 2.80. The Morgan fingerprint density at radius 1 is 1.57 bits per heavy atom. The average Bonchev–Trinajstić information content (AvgIpc) is 2.11. The van der Waals surface area contributed by atoms with Crippen LogP contribution in [0.25, 0.3) is 0 Å². The Morgan fingerprint density at radius 3 is 2.79 bits per heavy atom. The van der Waals surface area contributed by atoms with E-state index in [0.29, 0.717) is 21.7 Å². The molecular weight excluding hydrogens is 267 g/mol. The van der Waals surface area contributed by atoms with Crippen LogP contribution in [0, 0.1) is 6.92 Å². The van der Waals surface area contributed by atoms with Crippen LogP contribution in [0.15, 0.2) is 16.6 Å². The second-order valence-corrected chi connectivity index (χ2v) is 4.06. The van der Waals surface area contributed by atoms with Gasteiger partial charge in [0.2, 0.25) is 0 Å². The highest BCUT2D eigenvalue weighted by molar-refractivity contribution is 9.10. The first-order chi connectivity index (χ1) is 6.56. The van der Waals surface area contributed by atoms with Gasteiger partial charge in [0.05, 0.1) is 12.2 Å². The van der Waals surface area contributed by atoms with Crippen molar-refractivity contribution < 1.29 is 9.53 Å². The van der Waals surface area contributed by atoms with Crippen molar-refractivity contribution in [2.75, 3.05) is 6.61 Å². The van der Waals surface area contributed by atoms with Crippen molar-refractivity contribution in [2.24, 2.45) is 0 Å². The molecular formula is C10H10BrClO2. The van der Waals surface area contributed by atoms with Crippen LogP contribution in [0.1, 0.15) is 22.8 Å². The summed E-state index contributed by atoms with van der Waals surface area (Å²) in [7, 11) is 0. The summed E-state index contributed by atoms with van der Waals surface area (Å²) in [4.78, 5) is 11.4. The molecule has 0 saturated heterocycles. The molecule has 0 aliphatic carbocycles. The number of carbonyl (C=O) groups is 1. The molecule has 4 heteroatoms. The molecule has 0 radical (unpaired) electrons. The Labute approximate surface area is 96.3 Å². The second kappa shape index (κ2) is 4.80. The van der Waals surface area contributed by atoms with Crippen LogP contribution in [-0.2, 0) is 4.74 Å². The standard InChI is InChI=1S/C10H10BrClO2/c1-3-14-10(13)7-5-9(12)6(2)4-8(7)11/h4-5H,3H2,1-2H3. The fourth-order valence-electron chi connectivity index (χ4n) is 1.01. The molecule has 0 aromatic heterocycles. The molecule has 0 saturated carbocycles. The molecule has 0 bridgehead atoms. The maximum atomic E-state index is 11.4. The minimum absolute atomic E-state index is 0.358. The lowest BCUT2D eigenvalue weighted by Crippen LogP contribution is -2.05. The molecule has 0 amide bonds. The minimum atomic E-state index is -0.360. The van der Waals surface area contributed by atoms with E-state index >= 15 is 0 Å². The van der Waals surface area contributed by atoms with Crippen molar-refractivity contribution in [2.45, 2.75) is 13.8 Å². The summed E-state index contributed by atoms with van der Waals surface area (Å²) in [6.07, 6.45) is 0. The SMILES string of the molecule is CCOC(=O)c1cc(Cl)c(C)cc1Br. The number of hydrogen-bond donors (Lipinski definition) is 0. The normalized spacial score (nSPS) is 10.0. The maximum absolute atomic E-state index is 11.4. The third kappa shape index (κ3) is 2.49. The van der Waals surface area contributed by atoms with E-state index in [0.717, 1.165) is 5.56 Å². The van der Waals surface area contributed by atoms with Crippen molar-refractivity contribution in [1.29, 1.82) is 0 Å². The van der Waals surface area contributed by atoms with Gasteiger partial charge in [0.25, 0.3) is 0 Å². The van der Waals surface area contributed by atoms with Crippen LogP contribution in [0.5, 0.6) is 0 Å². The van der Waals surface area contributed by atoms with E-state index in [2.05, 4.69) is 15.9 Å². The molecule has 0 aliphatic heterocycles. The highest BCUT2D eigenvalue weighted by atomic mass is 79.9. The highest BCUT2D eigenvalue weighted by Gasteiger charge is 2.12. The molecule has 2 nitrogen and oxygen atoms in total. The predicted molar refractivity (Wildman–Crippen MR) is 59.8 cm³/mol. The van der Waals surface area contributed by atoms with Crippen molar-refractivity contribution in [1.82, 2.24) is 0 Å². The molecule has 1 aromatic carbocycles. The van der Waals surface area contributed by atoms with E-state index < -0.39 is 0 Å². The summed E-state index contributed by atoms with van der Waals surface area (Å²) in [6, 6.07) is 3.41. The molecule has 76 valence electrons. The summed E-state index contributed by atoms with van der Waals surface area (Å²) in [6.45, 7) is 4.00. The summed E-state index contributed by atoms with van der Waals surface area (Å²) >= 11 is 9.19. The van der Waals surface area contributed by atoms with Crippen LogP contribution in [0.4, 0.5) is 0 Å². The van der Waals surface area contributed by atoms with Gasteiger partial charge in [-0.3, -0.25) is 0 Å². The predicted octanol–water partition coefficient (Wildman–Crippen LogP) is 3.59. The van der Waals surface area contributed by atoms with Gasteiger partial charge in [-0.05, 0) is 47.5 Å². The quantitative estimate of drug-likeness (QED) is 0.772. The molecule has 0 aliphatic rings. The Kier molecular flexibility index (Phi) is 3.96. The molecule has 14 heavy (non-hydrogen) atoms. The number of aryl methyl sites for hydroxylation is 1. The third-order valence-electron chi connectivity index (χ3n) is 1.74. The van der Waals surface area contributed by atoms with Crippen molar-refractivity contribution in [3.8, 4) is 0 Å². The number of carbonyl (C=O) groups excluding carboxylic acids is 1. The zero-order valence-corrected chi connectivity index (χ0v) is 10.3. The summed E-state index contributed by atoms with van der Waals surface area (Å²) in [5.41, 5.74) is 1.38. The number of benzene rings is 1. The van der Waals surface area contributed by atoms with Gasteiger partial charge in [0.15, 0.2) is 0 Å². The maximum Gasteiger partial charge on any atom is 0.339 e. The molecule has 0 atom stereocenters. The number of halogens is 2. The first-order valence-corrected chi connectivity index (χ1v) is 5.36. The van der Waals surface area contributed by atoms with E-state index in [4.69, 9.17) is 16.3 Å². The molecule has 0 unspecified atom stereocenters. The number of hydrogen-bond acceptors (Lipinski definition) is 2. The van der Waals surface area contributed by atoms with Gasteiger partial charge in [-0.25, -0.2) is 4.79 Å². The van der Waals surface area contributed by atoms with Crippen LogP contribution < -0.4 is 0 Å². The summed E-state index contributed by atoms with van der Waals surface area (Å²) < 4.78 is 5.58. The first-order valence-electron chi connectivity index (χ1n) is 4.19. The zero-order chi connectivity index (χ0) is 10.7. The smallest absolute Gasteiger partial charge is 0.339 e. The zero-order valence-electron chi connectivity index (χ0n) is 7.93. The van der Waals surface area contributed by atoms with Crippen LogP contribution in [0.2, 0.25) is 5.02 Å². The van der Waals surface area contributed by atoms with Crippen molar-refractivity contribution in [3.05, 3.63) is 32.8 Å². The van der Waals surface area contributed by atoms with E-state index in [1.807, 2.05) is 6.92 Å². The average molecular weight is 278 g/mol. The Morgan fingerprint density at radius 2 is 2.21 bits per heavy atom. The summed E-state index contributed by atoms with van der Waals surface area (Å²) in [5.74, 6) is -0.360. The molecule has 0 fully saturated rings. The highest BCUT2D eigenvalue weighted by Crippen LogP contribution is 2.25. The number of esters is 1. The van der Waals surface area contributed by atoms with Gasteiger partial charge < -0.3 is 4.74 Å². The molecule has 1 rings (SSSR count). The summed E-state index contributed by atoms with van der Waals surface area (Å²) in [5, 5.41) is 0.566. The largest absolute Gasteiger partial charge is 0.462 e. The lowest BCUT2D eigenvalue weighted by molar-refractivity contribution is 0.0525. The van der Waals surface area contributed by atoms with E-state index in [1.54, 1.807) is 19.1 Å². The fraction of sp³-hybridized carbons (Fsp3) is 0.300. The van der Waals surface area contributed by atoms with Crippen LogP contribution in [0.3, 0.4) is 0 Å².